The largest absolute Gasteiger partial charge is 0.483 e. The first-order chi connectivity index (χ1) is 17.3. The van der Waals surface area contributed by atoms with E-state index < -0.39 is 11.1 Å². The number of ether oxygens (including phenoxy) is 1. The summed E-state index contributed by atoms with van der Waals surface area (Å²) in [6.07, 6.45) is 4.52. The molecule has 0 unspecified atom stereocenters. The number of nitrogens with one attached hydrogen (secondary N) is 1. The van der Waals surface area contributed by atoms with Gasteiger partial charge in [-0.05, 0) is 68.6 Å². The summed E-state index contributed by atoms with van der Waals surface area (Å²) in [5, 5.41) is 2.37. The number of nitrogens with zero attached hydrogens (tertiary/aromatic N) is 2. The molecule has 0 atom stereocenters. The molecule has 2 aliphatic rings. The number of imide groups is 1. The van der Waals surface area contributed by atoms with Crippen molar-refractivity contribution >= 4 is 46.5 Å². The van der Waals surface area contributed by atoms with Crippen LogP contribution in [0.25, 0.3) is 6.08 Å². The van der Waals surface area contributed by atoms with Crippen molar-refractivity contribution in [3.63, 3.8) is 0 Å². The molecule has 0 aliphatic carbocycles. The summed E-state index contributed by atoms with van der Waals surface area (Å²) in [5.74, 6) is -0.618. The van der Waals surface area contributed by atoms with E-state index in [4.69, 9.17) is 4.74 Å². The van der Waals surface area contributed by atoms with Gasteiger partial charge < -0.3 is 15.0 Å². The predicted octanol–water partition coefficient (Wildman–Crippen LogP) is 4.37. The van der Waals surface area contributed by atoms with E-state index in [1.54, 1.807) is 35.2 Å². The summed E-state index contributed by atoms with van der Waals surface area (Å²) in [6.45, 7) is 4.76. The second kappa shape index (κ2) is 11.4. The van der Waals surface area contributed by atoms with Crippen LogP contribution in [0.1, 0.15) is 36.0 Å². The summed E-state index contributed by atoms with van der Waals surface area (Å²) in [6, 6.07) is 12.7. The summed E-state index contributed by atoms with van der Waals surface area (Å²) >= 11 is 0.796. The van der Waals surface area contributed by atoms with Crippen molar-refractivity contribution in [1.82, 2.24) is 9.80 Å². The molecule has 0 bridgehead atoms. The Morgan fingerprint density at radius 3 is 2.56 bits per heavy atom. The van der Waals surface area contributed by atoms with Gasteiger partial charge in [-0.15, -0.1) is 0 Å². The van der Waals surface area contributed by atoms with Gasteiger partial charge in [0.05, 0.1) is 4.91 Å². The first kappa shape index (κ1) is 25.5. The first-order valence-electron chi connectivity index (χ1n) is 11.9. The van der Waals surface area contributed by atoms with Gasteiger partial charge in [0.2, 0.25) is 5.91 Å². The van der Waals surface area contributed by atoms with Crippen LogP contribution in [0.15, 0.2) is 47.4 Å². The summed E-state index contributed by atoms with van der Waals surface area (Å²) in [7, 11) is 0. The number of rotatable bonds is 7. The Bertz CT molecular complexity index is 1220. The van der Waals surface area contributed by atoms with E-state index in [0.717, 1.165) is 52.7 Å². The van der Waals surface area contributed by atoms with E-state index in [0.29, 0.717) is 24.4 Å². The van der Waals surface area contributed by atoms with Gasteiger partial charge >= 0.3 is 0 Å². The first-order valence-corrected chi connectivity index (χ1v) is 12.8. The average Bonchev–Trinajstić information content (AvgIpc) is 3.13. The Hall–Kier alpha value is -3.59. The molecule has 4 amide bonds. The van der Waals surface area contributed by atoms with Crippen LogP contribution in [0.4, 0.5) is 10.5 Å². The number of likely N-dealkylation sites (tertiary alicyclic amines) is 1. The Morgan fingerprint density at radius 2 is 1.81 bits per heavy atom. The molecule has 0 saturated carbocycles. The minimum atomic E-state index is -0.502. The van der Waals surface area contributed by atoms with Crippen LogP contribution in [0.5, 0.6) is 5.75 Å². The Kier molecular flexibility index (Phi) is 8.10. The highest BCUT2D eigenvalue weighted by atomic mass is 32.2. The van der Waals surface area contributed by atoms with Gasteiger partial charge in [-0.1, -0.05) is 35.9 Å². The van der Waals surface area contributed by atoms with Gasteiger partial charge in [0.25, 0.3) is 17.1 Å². The molecule has 2 saturated heterocycles. The Balaban J connectivity index is 1.40. The third-order valence-corrected chi connectivity index (χ3v) is 7.00. The molecule has 8 nitrogen and oxygen atoms in total. The third kappa shape index (κ3) is 6.15. The highest BCUT2D eigenvalue weighted by Crippen LogP contribution is 2.34. The molecule has 0 aromatic heterocycles. The molecule has 2 aliphatic heterocycles. The van der Waals surface area contributed by atoms with Crippen LogP contribution in [-0.4, -0.2) is 59.0 Å². The fraction of sp³-hybridized carbons (Fsp3) is 0.333. The molecule has 0 radical (unpaired) electrons. The van der Waals surface area contributed by atoms with E-state index in [-0.39, 0.29) is 29.9 Å². The summed E-state index contributed by atoms with van der Waals surface area (Å²) in [5.41, 5.74) is 3.34. The number of amides is 4. The zero-order chi connectivity index (χ0) is 25.7. The molecule has 2 heterocycles. The van der Waals surface area contributed by atoms with Crippen molar-refractivity contribution < 1.29 is 23.9 Å². The van der Waals surface area contributed by atoms with Crippen LogP contribution in [-0.2, 0) is 14.4 Å². The molecular weight excluding hydrogens is 478 g/mol. The molecule has 0 spiro atoms. The monoisotopic (exact) mass is 507 g/mol. The number of anilines is 1. The minimum Gasteiger partial charge on any atom is -0.483 e. The number of carbonyl (C=O) groups is 4. The van der Waals surface area contributed by atoms with Gasteiger partial charge in [0.1, 0.15) is 12.3 Å². The van der Waals surface area contributed by atoms with Gasteiger partial charge in [-0.2, -0.15) is 0 Å². The van der Waals surface area contributed by atoms with Gasteiger partial charge in [0, 0.05) is 24.3 Å². The summed E-state index contributed by atoms with van der Waals surface area (Å²) < 4.78 is 5.74. The van der Waals surface area contributed by atoms with E-state index in [9.17, 15) is 19.2 Å². The second-order valence-corrected chi connectivity index (χ2v) is 9.90. The highest BCUT2D eigenvalue weighted by Gasteiger charge is 2.37. The van der Waals surface area contributed by atoms with Crippen LogP contribution in [0.2, 0.25) is 0 Å². The maximum Gasteiger partial charge on any atom is 0.294 e. The SMILES string of the molecule is Cc1ccc(NC(=O)COc2ccccc2/C=C2\SC(=O)N(CC(=O)N3CCCCC3)C2=O)c(C)c1. The normalized spacial score (nSPS) is 17.0. The average molecular weight is 508 g/mol. The van der Waals surface area contributed by atoms with Crippen molar-refractivity contribution in [2.75, 3.05) is 31.6 Å². The quantitative estimate of drug-likeness (QED) is 0.559. The zero-order valence-corrected chi connectivity index (χ0v) is 21.2. The van der Waals surface area contributed by atoms with E-state index >= 15 is 0 Å². The maximum atomic E-state index is 12.9. The zero-order valence-electron chi connectivity index (χ0n) is 20.4. The number of thioether (sulfide) groups is 1. The Morgan fingerprint density at radius 1 is 1.06 bits per heavy atom. The number of hydrogen-bond acceptors (Lipinski definition) is 6. The van der Waals surface area contributed by atoms with E-state index in [1.807, 2.05) is 32.0 Å². The fourth-order valence-corrected chi connectivity index (χ4v) is 5.00. The van der Waals surface area contributed by atoms with E-state index in [2.05, 4.69) is 5.32 Å². The molecule has 2 aromatic carbocycles. The smallest absolute Gasteiger partial charge is 0.294 e. The lowest BCUT2D eigenvalue weighted by atomic mass is 10.1. The lowest BCUT2D eigenvalue weighted by molar-refractivity contribution is -0.136. The Labute approximate surface area is 214 Å². The van der Waals surface area contributed by atoms with Gasteiger partial charge in [-0.3, -0.25) is 24.1 Å². The summed E-state index contributed by atoms with van der Waals surface area (Å²) in [4.78, 5) is 53.4. The topological polar surface area (TPSA) is 96.0 Å². The number of aryl methyl sites for hydroxylation is 2. The number of hydrogen-bond donors (Lipinski definition) is 1. The van der Waals surface area contributed by atoms with Crippen LogP contribution < -0.4 is 10.1 Å². The predicted molar refractivity (Wildman–Crippen MR) is 140 cm³/mol. The van der Waals surface area contributed by atoms with Crippen LogP contribution >= 0.6 is 11.8 Å². The maximum absolute atomic E-state index is 12.9. The lowest BCUT2D eigenvalue weighted by Crippen LogP contribution is -2.44. The van der Waals surface area contributed by atoms with Crippen molar-refractivity contribution in [1.29, 1.82) is 0 Å². The second-order valence-electron chi connectivity index (χ2n) is 8.90. The third-order valence-electron chi connectivity index (χ3n) is 6.10. The van der Waals surface area contributed by atoms with Crippen LogP contribution in [0, 0.1) is 13.8 Å². The molecule has 4 rings (SSSR count). The van der Waals surface area contributed by atoms with Gasteiger partial charge in [0.15, 0.2) is 6.61 Å². The minimum absolute atomic E-state index is 0.210. The standard InChI is InChI=1S/C27H29N3O5S/c1-18-10-11-21(19(2)14-18)28-24(31)17-35-22-9-5-4-8-20(22)15-23-26(33)30(27(34)36-23)16-25(32)29-12-6-3-7-13-29/h4-5,8-11,14-15H,3,6-7,12-13,16-17H2,1-2H3,(H,28,31)/b23-15-. The van der Waals surface area contributed by atoms with Crippen LogP contribution in [0.3, 0.4) is 0 Å². The molecule has 1 N–H and O–H groups in total. The lowest BCUT2D eigenvalue weighted by Gasteiger charge is -2.27. The molecule has 9 heteroatoms. The highest BCUT2D eigenvalue weighted by molar-refractivity contribution is 8.18. The molecule has 188 valence electrons. The number of benzene rings is 2. The van der Waals surface area contributed by atoms with Crippen molar-refractivity contribution in [2.24, 2.45) is 0 Å². The van der Waals surface area contributed by atoms with Crippen molar-refractivity contribution in [3.05, 3.63) is 64.1 Å². The van der Waals surface area contributed by atoms with Gasteiger partial charge in [-0.25, -0.2) is 0 Å². The molecule has 2 fully saturated rings. The number of piperidine rings is 1. The van der Waals surface area contributed by atoms with Crippen molar-refractivity contribution in [3.8, 4) is 5.75 Å². The molecular formula is C27H29N3O5S. The number of para-hydroxylation sites is 1. The molecule has 36 heavy (non-hydrogen) atoms. The fourth-order valence-electron chi connectivity index (χ4n) is 4.17. The van der Waals surface area contributed by atoms with E-state index in [1.165, 1.54) is 0 Å². The number of carbonyl (C=O) groups excluding carboxylic acids is 4. The molecule has 2 aromatic rings. The van der Waals surface area contributed by atoms with Crippen molar-refractivity contribution in [2.45, 2.75) is 33.1 Å².